The van der Waals surface area contributed by atoms with Gasteiger partial charge in [-0.3, -0.25) is 4.79 Å². The van der Waals surface area contributed by atoms with E-state index in [1.807, 2.05) is 0 Å². The number of hydrogen-bond donors (Lipinski definition) is 0. The van der Waals surface area contributed by atoms with Crippen LogP contribution in [0.3, 0.4) is 0 Å². The lowest BCUT2D eigenvalue weighted by Gasteiger charge is -2.30. The van der Waals surface area contributed by atoms with Crippen LogP contribution in [0, 0.1) is 0 Å². The predicted octanol–water partition coefficient (Wildman–Crippen LogP) is 2.53. The van der Waals surface area contributed by atoms with E-state index in [1.54, 1.807) is 13.8 Å². The second kappa shape index (κ2) is 5.32. The van der Waals surface area contributed by atoms with E-state index in [-0.39, 0.29) is 6.54 Å². The van der Waals surface area contributed by atoms with Crippen LogP contribution in [-0.4, -0.2) is 35.7 Å². The van der Waals surface area contributed by atoms with Crippen molar-refractivity contribution in [2.75, 3.05) is 6.54 Å². The Hall–Kier alpha value is -0.810. The lowest BCUT2D eigenvalue weighted by molar-refractivity contribution is -0.182. The van der Waals surface area contributed by atoms with E-state index in [1.165, 1.54) is 6.92 Å². The third-order valence-corrected chi connectivity index (χ3v) is 2.28. The minimum absolute atomic E-state index is 0.00382. The zero-order valence-corrected chi connectivity index (χ0v) is 8.94. The summed E-state index contributed by atoms with van der Waals surface area (Å²) in [5.74, 6) is -6.38. The van der Waals surface area contributed by atoms with E-state index >= 15 is 0 Å². The summed E-state index contributed by atoms with van der Waals surface area (Å²) < 4.78 is 49.3. The summed E-state index contributed by atoms with van der Waals surface area (Å²) in [7, 11) is 0. The topological polar surface area (TPSA) is 20.3 Å². The third kappa shape index (κ3) is 3.07. The molecule has 90 valence electrons. The summed E-state index contributed by atoms with van der Waals surface area (Å²) in [5, 5.41) is 0. The highest BCUT2D eigenvalue weighted by molar-refractivity contribution is 5.84. The van der Waals surface area contributed by atoms with E-state index in [0.29, 0.717) is 6.42 Å². The van der Waals surface area contributed by atoms with Crippen LogP contribution in [-0.2, 0) is 4.79 Å². The molecule has 0 rings (SSSR count). The van der Waals surface area contributed by atoms with Gasteiger partial charge in [-0.05, 0) is 20.3 Å². The SMILES string of the molecule is CCC(C)N(CC)C(=O)C(F)(F)C(F)F. The van der Waals surface area contributed by atoms with Crippen LogP contribution in [0.5, 0.6) is 0 Å². The van der Waals surface area contributed by atoms with Crippen molar-refractivity contribution in [3.63, 3.8) is 0 Å². The van der Waals surface area contributed by atoms with E-state index < -0.39 is 24.3 Å². The van der Waals surface area contributed by atoms with Crippen LogP contribution >= 0.6 is 0 Å². The molecule has 0 aliphatic carbocycles. The molecule has 1 atom stereocenters. The first-order valence-electron chi connectivity index (χ1n) is 4.76. The van der Waals surface area contributed by atoms with Gasteiger partial charge >= 0.3 is 12.3 Å². The molecule has 15 heavy (non-hydrogen) atoms. The van der Waals surface area contributed by atoms with E-state index in [9.17, 15) is 22.4 Å². The molecule has 1 amide bonds. The van der Waals surface area contributed by atoms with Crippen molar-refractivity contribution >= 4 is 5.91 Å². The first-order valence-corrected chi connectivity index (χ1v) is 4.76. The summed E-state index contributed by atoms with van der Waals surface area (Å²) in [5.41, 5.74) is 0. The van der Waals surface area contributed by atoms with Gasteiger partial charge in [-0.15, -0.1) is 0 Å². The Labute approximate surface area is 86.2 Å². The van der Waals surface area contributed by atoms with Crippen molar-refractivity contribution in [3.05, 3.63) is 0 Å². The van der Waals surface area contributed by atoms with Gasteiger partial charge in [-0.1, -0.05) is 6.92 Å². The Morgan fingerprint density at radius 3 is 2.07 bits per heavy atom. The van der Waals surface area contributed by atoms with Crippen LogP contribution in [0.1, 0.15) is 27.2 Å². The molecule has 0 radical (unpaired) electrons. The second-order valence-corrected chi connectivity index (χ2v) is 3.27. The molecule has 0 heterocycles. The quantitative estimate of drug-likeness (QED) is 0.663. The number of nitrogens with zero attached hydrogens (tertiary/aromatic N) is 1. The Balaban J connectivity index is 4.80. The average molecular weight is 229 g/mol. The van der Waals surface area contributed by atoms with Gasteiger partial charge in [0.2, 0.25) is 0 Å². The Morgan fingerprint density at radius 2 is 1.80 bits per heavy atom. The minimum Gasteiger partial charge on any atom is -0.335 e. The fraction of sp³-hybridized carbons (Fsp3) is 0.889. The largest absolute Gasteiger partial charge is 0.383 e. The molecule has 0 aliphatic rings. The molecule has 0 aromatic carbocycles. The van der Waals surface area contributed by atoms with Gasteiger partial charge in [0.15, 0.2) is 0 Å². The Morgan fingerprint density at radius 1 is 1.33 bits per heavy atom. The molecular formula is C9H15F4NO. The fourth-order valence-electron chi connectivity index (χ4n) is 1.16. The molecule has 0 saturated heterocycles. The predicted molar refractivity (Wildman–Crippen MR) is 48.1 cm³/mol. The number of halogens is 4. The highest BCUT2D eigenvalue weighted by Gasteiger charge is 2.51. The second-order valence-electron chi connectivity index (χ2n) is 3.27. The van der Waals surface area contributed by atoms with Gasteiger partial charge in [0.25, 0.3) is 5.91 Å². The van der Waals surface area contributed by atoms with Gasteiger partial charge in [0, 0.05) is 12.6 Å². The maximum Gasteiger partial charge on any atom is 0.383 e. The monoisotopic (exact) mass is 229 g/mol. The van der Waals surface area contributed by atoms with Crippen LogP contribution in [0.2, 0.25) is 0 Å². The number of carbonyl (C=O) groups excluding carboxylic acids is 1. The lowest BCUT2D eigenvalue weighted by Crippen LogP contribution is -2.50. The number of hydrogen-bond acceptors (Lipinski definition) is 1. The highest BCUT2D eigenvalue weighted by Crippen LogP contribution is 2.26. The number of amides is 1. The van der Waals surface area contributed by atoms with Crippen LogP contribution in [0.4, 0.5) is 17.6 Å². The van der Waals surface area contributed by atoms with Gasteiger partial charge in [0.05, 0.1) is 0 Å². The lowest BCUT2D eigenvalue weighted by atomic mass is 10.2. The first kappa shape index (κ1) is 14.2. The summed E-state index contributed by atoms with van der Waals surface area (Å²) in [6.45, 7) is 4.71. The van der Waals surface area contributed by atoms with E-state index in [2.05, 4.69) is 0 Å². The van der Waals surface area contributed by atoms with Crippen molar-refractivity contribution in [2.45, 2.75) is 45.6 Å². The van der Waals surface area contributed by atoms with E-state index in [4.69, 9.17) is 0 Å². The van der Waals surface area contributed by atoms with Gasteiger partial charge in [-0.2, -0.15) is 8.78 Å². The molecule has 0 aliphatic heterocycles. The molecule has 6 heteroatoms. The average Bonchev–Trinajstić information content (AvgIpc) is 2.17. The number of rotatable bonds is 5. The molecule has 0 fully saturated rings. The smallest absolute Gasteiger partial charge is 0.335 e. The van der Waals surface area contributed by atoms with Crippen molar-refractivity contribution in [1.82, 2.24) is 4.90 Å². The fourth-order valence-corrected chi connectivity index (χ4v) is 1.16. The molecule has 2 nitrogen and oxygen atoms in total. The normalized spacial score (nSPS) is 14.1. The molecule has 0 N–H and O–H groups in total. The first-order chi connectivity index (χ1) is 6.78. The molecule has 0 bridgehead atoms. The number of carbonyl (C=O) groups is 1. The zero-order valence-electron chi connectivity index (χ0n) is 8.94. The van der Waals surface area contributed by atoms with Crippen molar-refractivity contribution in [2.24, 2.45) is 0 Å². The summed E-state index contributed by atoms with van der Waals surface area (Å²) in [6, 6.07) is -0.466. The summed E-state index contributed by atoms with van der Waals surface area (Å²) in [4.78, 5) is 11.9. The Bertz CT molecular complexity index is 220. The van der Waals surface area contributed by atoms with Gasteiger partial charge < -0.3 is 4.90 Å². The molecule has 0 aromatic heterocycles. The zero-order chi connectivity index (χ0) is 12.2. The molecular weight excluding hydrogens is 214 g/mol. The van der Waals surface area contributed by atoms with Crippen molar-refractivity contribution in [1.29, 1.82) is 0 Å². The molecule has 0 saturated carbocycles. The van der Waals surface area contributed by atoms with E-state index in [0.717, 1.165) is 4.90 Å². The third-order valence-electron chi connectivity index (χ3n) is 2.28. The molecule has 1 unspecified atom stereocenters. The van der Waals surface area contributed by atoms with Gasteiger partial charge in [-0.25, -0.2) is 8.78 Å². The van der Waals surface area contributed by atoms with Crippen LogP contribution < -0.4 is 0 Å². The van der Waals surface area contributed by atoms with Crippen LogP contribution in [0.25, 0.3) is 0 Å². The Kier molecular flexibility index (Phi) is 5.03. The standard InChI is InChI=1S/C9H15F4NO/c1-4-6(3)14(5-2)8(15)9(12,13)7(10)11/h6-7H,4-5H2,1-3H3. The maximum atomic E-state index is 12.7. The minimum atomic E-state index is -4.58. The van der Waals surface area contributed by atoms with Gasteiger partial charge in [0.1, 0.15) is 0 Å². The van der Waals surface area contributed by atoms with Crippen molar-refractivity contribution in [3.8, 4) is 0 Å². The highest BCUT2D eigenvalue weighted by atomic mass is 19.3. The maximum absolute atomic E-state index is 12.7. The molecule has 0 aromatic rings. The number of alkyl halides is 4. The molecule has 0 spiro atoms. The summed E-state index contributed by atoms with van der Waals surface area (Å²) in [6.07, 6.45) is -3.51. The summed E-state index contributed by atoms with van der Waals surface area (Å²) >= 11 is 0. The van der Waals surface area contributed by atoms with Crippen LogP contribution in [0.15, 0.2) is 0 Å². The van der Waals surface area contributed by atoms with Crippen molar-refractivity contribution < 1.29 is 22.4 Å².